The van der Waals surface area contributed by atoms with E-state index in [4.69, 9.17) is 14.2 Å². The number of allylic oxidation sites excluding steroid dienone is 18. The lowest BCUT2D eigenvalue weighted by molar-refractivity contribution is -0.166. The maximum Gasteiger partial charge on any atom is 0.306 e. The van der Waals surface area contributed by atoms with E-state index in [1.807, 2.05) is 6.08 Å². The standard InChI is InChI=1S/C61H100O6/c1-4-7-10-13-16-19-22-25-28-29-30-31-34-36-39-42-45-48-51-54-60(63)66-57-58(67-61(64)55-52-49-46-43-40-37-33-27-24-21-18-15-12-9-6-3)56-65-59(62)53-50-47-44-41-38-35-32-26-23-20-17-14-11-8-5-2/h7,9-10,12,16,18-19,21,25,27-28,30-31,33,36,39,45,48,58H,4-6,8,11,13-15,17,20,22-24,26,29,32,34-35,37-38,40-44,46-47,49-57H2,1-3H3/b10-7-,12-9-,19-16-,21-18-,28-25-,31-30-,33-27-,39-36-,48-45-/t58-/m1/s1. The highest BCUT2D eigenvalue weighted by molar-refractivity contribution is 5.71. The second-order valence-electron chi connectivity index (χ2n) is 17.7. The number of esters is 3. The van der Waals surface area contributed by atoms with E-state index in [0.717, 1.165) is 116 Å². The van der Waals surface area contributed by atoms with Crippen molar-refractivity contribution < 1.29 is 28.6 Å². The molecule has 6 heteroatoms. The van der Waals surface area contributed by atoms with E-state index < -0.39 is 6.10 Å². The molecule has 0 aliphatic carbocycles. The Kier molecular flexibility index (Phi) is 51.5. The minimum Gasteiger partial charge on any atom is -0.462 e. The van der Waals surface area contributed by atoms with Crippen LogP contribution in [0.25, 0.3) is 0 Å². The summed E-state index contributed by atoms with van der Waals surface area (Å²) in [4.78, 5) is 38.1. The minimum atomic E-state index is -0.818. The van der Waals surface area contributed by atoms with Crippen molar-refractivity contribution in [3.63, 3.8) is 0 Å². The third kappa shape index (κ3) is 52.9. The van der Waals surface area contributed by atoms with Gasteiger partial charge in [-0.3, -0.25) is 14.4 Å². The molecule has 0 aromatic heterocycles. The Morgan fingerprint density at radius 1 is 0.313 bits per heavy atom. The van der Waals surface area contributed by atoms with Crippen LogP contribution in [-0.2, 0) is 28.6 Å². The number of ether oxygens (including phenoxy) is 3. The van der Waals surface area contributed by atoms with Crippen LogP contribution >= 0.6 is 0 Å². The van der Waals surface area contributed by atoms with Crippen molar-refractivity contribution in [2.24, 2.45) is 0 Å². The van der Waals surface area contributed by atoms with Crippen LogP contribution < -0.4 is 0 Å². The second-order valence-corrected chi connectivity index (χ2v) is 17.7. The average molecular weight is 929 g/mol. The molecule has 0 heterocycles. The quantitative estimate of drug-likeness (QED) is 0.0262. The predicted molar refractivity (Wildman–Crippen MR) is 288 cm³/mol. The predicted octanol–water partition coefficient (Wildman–Crippen LogP) is 18.3. The van der Waals surface area contributed by atoms with Gasteiger partial charge in [-0.25, -0.2) is 0 Å². The van der Waals surface area contributed by atoms with Crippen LogP contribution in [0.4, 0.5) is 0 Å². The summed E-state index contributed by atoms with van der Waals surface area (Å²) in [6.45, 7) is 6.34. The van der Waals surface area contributed by atoms with Gasteiger partial charge in [0.2, 0.25) is 0 Å². The smallest absolute Gasteiger partial charge is 0.306 e. The zero-order valence-electron chi connectivity index (χ0n) is 43.4. The van der Waals surface area contributed by atoms with Crippen LogP contribution in [0.3, 0.4) is 0 Å². The fourth-order valence-electron chi connectivity index (χ4n) is 7.25. The maximum absolute atomic E-state index is 12.8. The molecule has 380 valence electrons. The molecule has 0 unspecified atom stereocenters. The second kappa shape index (κ2) is 54.7. The summed E-state index contributed by atoms with van der Waals surface area (Å²) in [7, 11) is 0. The Morgan fingerprint density at radius 3 is 1.00 bits per heavy atom. The Balaban J connectivity index is 4.52. The molecule has 0 amide bonds. The Hall–Kier alpha value is -3.93. The highest BCUT2D eigenvalue weighted by Crippen LogP contribution is 2.15. The van der Waals surface area contributed by atoms with Gasteiger partial charge in [-0.2, -0.15) is 0 Å². The van der Waals surface area contributed by atoms with Crippen molar-refractivity contribution >= 4 is 17.9 Å². The molecule has 6 nitrogen and oxygen atoms in total. The van der Waals surface area contributed by atoms with Gasteiger partial charge in [0.15, 0.2) is 6.10 Å². The van der Waals surface area contributed by atoms with Crippen molar-refractivity contribution in [2.45, 2.75) is 245 Å². The molecule has 0 fully saturated rings. The lowest BCUT2D eigenvalue weighted by Crippen LogP contribution is -2.30. The summed E-state index contributed by atoms with van der Waals surface area (Å²) in [5, 5.41) is 0. The highest BCUT2D eigenvalue weighted by atomic mass is 16.6. The Morgan fingerprint density at radius 2 is 0.612 bits per heavy atom. The van der Waals surface area contributed by atoms with Crippen LogP contribution in [0.5, 0.6) is 0 Å². The number of carbonyl (C=O) groups is 3. The van der Waals surface area contributed by atoms with Gasteiger partial charge < -0.3 is 14.2 Å². The summed E-state index contributed by atoms with van der Waals surface area (Å²) >= 11 is 0. The first kappa shape index (κ1) is 63.1. The van der Waals surface area contributed by atoms with E-state index in [1.165, 1.54) is 77.0 Å². The molecular formula is C61H100O6. The van der Waals surface area contributed by atoms with E-state index in [0.29, 0.717) is 19.3 Å². The van der Waals surface area contributed by atoms with E-state index in [-0.39, 0.29) is 37.5 Å². The van der Waals surface area contributed by atoms with Gasteiger partial charge in [-0.15, -0.1) is 0 Å². The summed E-state index contributed by atoms with van der Waals surface area (Å²) in [5.74, 6) is -1.01. The molecule has 0 radical (unpaired) electrons. The fourth-order valence-corrected chi connectivity index (χ4v) is 7.25. The van der Waals surface area contributed by atoms with Gasteiger partial charge in [-0.1, -0.05) is 239 Å². The number of rotatable bonds is 48. The number of unbranched alkanes of at least 4 members (excludes halogenated alkanes) is 19. The van der Waals surface area contributed by atoms with Gasteiger partial charge in [0.25, 0.3) is 0 Å². The summed E-state index contributed by atoms with van der Waals surface area (Å²) in [6, 6.07) is 0. The van der Waals surface area contributed by atoms with Crippen LogP contribution in [0.2, 0.25) is 0 Å². The molecule has 0 aliphatic rings. The molecule has 0 aliphatic heterocycles. The lowest BCUT2D eigenvalue weighted by atomic mass is 10.0. The van der Waals surface area contributed by atoms with Crippen molar-refractivity contribution in [3.8, 4) is 0 Å². The van der Waals surface area contributed by atoms with Gasteiger partial charge in [0, 0.05) is 19.3 Å². The largest absolute Gasteiger partial charge is 0.462 e. The molecule has 1 atom stereocenters. The maximum atomic E-state index is 12.8. The zero-order chi connectivity index (χ0) is 48.6. The molecule has 67 heavy (non-hydrogen) atoms. The van der Waals surface area contributed by atoms with Gasteiger partial charge in [0.1, 0.15) is 13.2 Å². The number of hydrogen-bond acceptors (Lipinski definition) is 6. The van der Waals surface area contributed by atoms with Crippen LogP contribution in [0.1, 0.15) is 239 Å². The minimum absolute atomic E-state index is 0.108. The average Bonchev–Trinajstić information content (AvgIpc) is 3.33. The van der Waals surface area contributed by atoms with E-state index in [2.05, 4.69) is 124 Å². The van der Waals surface area contributed by atoms with Gasteiger partial charge in [-0.05, 0) is 89.9 Å². The molecule has 0 aromatic carbocycles. The molecule has 0 rings (SSSR count). The monoisotopic (exact) mass is 929 g/mol. The molecule has 0 aromatic rings. The normalized spacial score (nSPS) is 12.9. The summed E-state index contributed by atoms with van der Waals surface area (Å²) in [6.07, 6.45) is 73.7. The first-order chi connectivity index (χ1) is 33.0. The number of hydrogen-bond donors (Lipinski definition) is 0. The Labute approximate surface area is 412 Å². The van der Waals surface area contributed by atoms with Crippen molar-refractivity contribution in [1.29, 1.82) is 0 Å². The SMILES string of the molecule is CC/C=C\C/C=C\C/C=C\C/C=C\C/C=C\C/C=C\CCC(=O)OC[C@@H](COC(=O)CCCCCCCCCCCCCCCCC)OC(=O)CCCCCCC/C=C\C/C=C\C/C=C\CC. The fraction of sp³-hybridized carbons (Fsp3) is 0.656. The third-order valence-electron chi connectivity index (χ3n) is 11.3. The zero-order valence-corrected chi connectivity index (χ0v) is 43.4. The molecule has 0 saturated heterocycles. The van der Waals surface area contributed by atoms with Gasteiger partial charge >= 0.3 is 17.9 Å². The topological polar surface area (TPSA) is 78.9 Å². The molecule has 0 bridgehead atoms. The molecular weight excluding hydrogens is 829 g/mol. The summed E-state index contributed by atoms with van der Waals surface area (Å²) in [5.41, 5.74) is 0. The van der Waals surface area contributed by atoms with E-state index in [1.54, 1.807) is 0 Å². The van der Waals surface area contributed by atoms with Crippen molar-refractivity contribution in [2.75, 3.05) is 13.2 Å². The first-order valence-electron chi connectivity index (χ1n) is 27.4. The highest BCUT2D eigenvalue weighted by Gasteiger charge is 2.19. The third-order valence-corrected chi connectivity index (χ3v) is 11.3. The van der Waals surface area contributed by atoms with Gasteiger partial charge in [0.05, 0.1) is 0 Å². The van der Waals surface area contributed by atoms with Crippen LogP contribution in [0.15, 0.2) is 109 Å². The first-order valence-corrected chi connectivity index (χ1v) is 27.4. The van der Waals surface area contributed by atoms with Crippen LogP contribution in [-0.4, -0.2) is 37.2 Å². The summed E-state index contributed by atoms with van der Waals surface area (Å²) < 4.78 is 16.8. The van der Waals surface area contributed by atoms with E-state index in [9.17, 15) is 14.4 Å². The lowest BCUT2D eigenvalue weighted by Gasteiger charge is -2.18. The van der Waals surface area contributed by atoms with Crippen molar-refractivity contribution in [3.05, 3.63) is 109 Å². The van der Waals surface area contributed by atoms with Crippen LogP contribution in [0, 0.1) is 0 Å². The van der Waals surface area contributed by atoms with Crippen molar-refractivity contribution in [1.82, 2.24) is 0 Å². The molecule has 0 N–H and O–H groups in total. The number of carbonyl (C=O) groups excluding carboxylic acids is 3. The molecule has 0 spiro atoms. The molecule has 0 saturated carbocycles. The van der Waals surface area contributed by atoms with E-state index >= 15 is 0 Å². The Bertz CT molecular complexity index is 1390.